The summed E-state index contributed by atoms with van der Waals surface area (Å²) in [5.74, 6) is -0.248. The number of amides is 1. The van der Waals surface area contributed by atoms with Crippen molar-refractivity contribution in [2.45, 2.75) is 24.7 Å². The predicted molar refractivity (Wildman–Crippen MR) is 105 cm³/mol. The maximum Gasteiger partial charge on any atom is 0.223 e. The first kappa shape index (κ1) is 19.4. The normalized spacial score (nSPS) is 15.4. The number of anilines is 1. The molecule has 7 heteroatoms. The molecule has 0 spiro atoms. The van der Waals surface area contributed by atoms with Gasteiger partial charge in [0, 0.05) is 50.7 Å². The van der Waals surface area contributed by atoms with Gasteiger partial charge in [-0.1, -0.05) is 18.2 Å². The lowest BCUT2D eigenvalue weighted by Crippen LogP contribution is -2.36. The number of carbonyl (C=O) groups is 1. The number of benzene rings is 1. The molecular formula is C20H25N3O3S. The molecule has 0 saturated carbocycles. The summed E-state index contributed by atoms with van der Waals surface area (Å²) in [6.45, 7) is 4.90. The lowest BCUT2D eigenvalue weighted by atomic mass is 10.2. The molecule has 1 aliphatic rings. The van der Waals surface area contributed by atoms with Crippen LogP contribution in [0.3, 0.4) is 0 Å². The van der Waals surface area contributed by atoms with Crippen molar-refractivity contribution in [1.82, 2.24) is 9.88 Å². The van der Waals surface area contributed by atoms with Crippen molar-refractivity contribution < 1.29 is 13.2 Å². The summed E-state index contributed by atoms with van der Waals surface area (Å²) in [5, 5.41) is 0. The fourth-order valence-corrected chi connectivity index (χ4v) is 4.60. The zero-order valence-corrected chi connectivity index (χ0v) is 16.4. The lowest BCUT2D eigenvalue weighted by molar-refractivity contribution is -0.130. The number of hydrogen-bond acceptors (Lipinski definition) is 5. The third-order valence-corrected chi connectivity index (χ3v) is 6.60. The Kier molecular flexibility index (Phi) is 6.11. The van der Waals surface area contributed by atoms with Gasteiger partial charge in [0.15, 0.2) is 9.84 Å². The largest absolute Gasteiger partial charge is 0.369 e. The first-order chi connectivity index (χ1) is 13.0. The van der Waals surface area contributed by atoms with Gasteiger partial charge in [0.05, 0.1) is 10.6 Å². The number of rotatable bonds is 5. The SMILES string of the molecule is Cc1cnccc1N1CCCN(C(=O)CCS(=O)(=O)c2ccccc2)CC1. The molecule has 1 aliphatic heterocycles. The molecule has 1 fully saturated rings. The van der Waals surface area contributed by atoms with Gasteiger partial charge in [-0.2, -0.15) is 0 Å². The van der Waals surface area contributed by atoms with E-state index >= 15 is 0 Å². The van der Waals surface area contributed by atoms with Gasteiger partial charge in [-0.05, 0) is 37.1 Å². The van der Waals surface area contributed by atoms with Gasteiger partial charge in [-0.15, -0.1) is 0 Å². The Labute approximate surface area is 160 Å². The highest BCUT2D eigenvalue weighted by Gasteiger charge is 2.22. The Hall–Kier alpha value is -2.41. The minimum absolute atomic E-state index is 0.0194. The Morgan fingerprint density at radius 2 is 1.85 bits per heavy atom. The van der Waals surface area contributed by atoms with Crippen molar-refractivity contribution in [3.8, 4) is 0 Å². The van der Waals surface area contributed by atoms with Gasteiger partial charge < -0.3 is 9.80 Å². The van der Waals surface area contributed by atoms with Crippen LogP contribution in [0.4, 0.5) is 5.69 Å². The molecule has 0 bridgehead atoms. The zero-order chi connectivity index (χ0) is 19.3. The predicted octanol–water partition coefficient (Wildman–Crippen LogP) is 2.29. The van der Waals surface area contributed by atoms with Crippen LogP contribution in [0.5, 0.6) is 0 Å². The number of pyridine rings is 1. The number of nitrogens with zero attached hydrogens (tertiary/aromatic N) is 3. The second-order valence-electron chi connectivity index (χ2n) is 6.77. The number of aryl methyl sites for hydroxylation is 1. The number of carbonyl (C=O) groups excluding carboxylic acids is 1. The van der Waals surface area contributed by atoms with E-state index in [-0.39, 0.29) is 23.0 Å². The van der Waals surface area contributed by atoms with E-state index in [0.29, 0.717) is 13.1 Å². The van der Waals surface area contributed by atoms with Crippen LogP contribution in [0, 0.1) is 6.92 Å². The Morgan fingerprint density at radius 1 is 1.07 bits per heavy atom. The minimum atomic E-state index is -3.43. The molecule has 3 rings (SSSR count). The Bertz CT molecular complexity index is 884. The molecule has 1 saturated heterocycles. The molecule has 2 aromatic rings. The summed E-state index contributed by atoms with van der Waals surface area (Å²) < 4.78 is 24.8. The summed E-state index contributed by atoms with van der Waals surface area (Å²) >= 11 is 0. The number of sulfone groups is 1. The Morgan fingerprint density at radius 3 is 2.59 bits per heavy atom. The van der Waals surface area contributed by atoms with Gasteiger partial charge in [-0.3, -0.25) is 9.78 Å². The van der Waals surface area contributed by atoms with Crippen molar-refractivity contribution in [3.63, 3.8) is 0 Å². The monoisotopic (exact) mass is 387 g/mol. The van der Waals surface area contributed by atoms with E-state index in [1.54, 1.807) is 41.4 Å². The van der Waals surface area contributed by atoms with E-state index in [2.05, 4.69) is 9.88 Å². The highest BCUT2D eigenvalue weighted by molar-refractivity contribution is 7.91. The molecule has 0 radical (unpaired) electrons. The van der Waals surface area contributed by atoms with Crippen molar-refractivity contribution in [3.05, 3.63) is 54.4 Å². The summed E-state index contributed by atoms with van der Waals surface area (Å²) in [6, 6.07) is 10.3. The molecule has 6 nitrogen and oxygen atoms in total. The van der Waals surface area contributed by atoms with Crippen LogP contribution in [0.15, 0.2) is 53.7 Å². The van der Waals surface area contributed by atoms with Crippen LogP contribution in [0.2, 0.25) is 0 Å². The fraction of sp³-hybridized carbons (Fsp3) is 0.400. The molecule has 144 valence electrons. The topological polar surface area (TPSA) is 70.6 Å². The van der Waals surface area contributed by atoms with Crippen LogP contribution in [-0.2, 0) is 14.6 Å². The summed E-state index contributed by atoms with van der Waals surface area (Å²) in [7, 11) is -3.43. The maximum absolute atomic E-state index is 12.6. The standard InChI is InChI=1S/C20H25N3O3S/c1-17-16-21-10-8-19(17)22-11-5-12-23(14-13-22)20(24)9-15-27(25,26)18-6-3-2-4-7-18/h2-4,6-8,10,16H,5,9,11-15H2,1H3. The molecule has 1 amide bonds. The molecule has 0 N–H and O–H groups in total. The van der Waals surface area contributed by atoms with E-state index in [4.69, 9.17) is 0 Å². The average molecular weight is 388 g/mol. The van der Waals surface area contributed by atoms with E-state index in [1.165, 1.54) is 0 Å². The van der Waals surface area contributed by atoms with E-state index in [1.807, 2.05) is 19.2 Å². The van der Waals surface area contributed by atoms with E-state index < -0.39 is 9.84 Å². The van der Waals surface area contributed by atoms with Crippen LogP contribution in [0.25, 0.3) is 0 Å². The van der Waals surface area contributed by atoms with Crippen LogP contribution < -0.4 is 4.90 Å². The summed E-state index contributed by atoms with van der Waals surface area (Å²) in [5.41, 5.74) is 2.26. The van der Waals surface area contributed by atoms with Crippen molar-refractivity contribution >= 4 is 21.4 Å². The Balaban J connectivity index is 1.58. The molecule has 0 atom stereocenters. The third kappa shape index (κ3) is 4.86. The number of aromatic nitrogens is 1. The minimum Gasteiger partial charge on any atom is -0.369 e. The van der Waals surface area contributed by atoms with Crippen molar-refractivity contribution in [2.75, 3.05) is 36.8 Å². The molecular weight excluding hydrogens is 362 g/mol. The molecule has 1 aromatic heterocycles. The zero-order valence-electron chi connectivity index (χ0n) is 15.5. The first-order valence-corrected chi connectivity index (χ1v) is 10.8. The summed E-state index contributed by atoms with van der Waals surface area (Å²) in [4.78, 5) is 21.0. The summed E-state index contributed by atoms with van der Waals surface area (Å²) in [6.07, 6.45) is 4.51. The van der Waals surface area contributed by atoms with Crippen LogP contribution >= 0.6 is 0 Å². The van der Waals surface area contributed by atoms with Gasteiger partial charge in [-0.25, -0.2) is 8.42 Å². The van der Waals surface area contributed by atoms with E-state index in [0.717, 1.165) is 30.8 Å². The molecule has 0 unspecified atom stereocenters. The number of hydrogen-bond donors (Lipinski definition) is 0. The van der Waals surface area contributed by atoms with Crippen molar-refractivity contribution in [1.29, 1.82) is 0 Å². The van der Waals surface area contributed by atoms with Gasteiger partial charge >= 0.3 is 0 Å². The van der Waals surface area contributed by atoms with Crippen LogP contribution in [-0.4, -0.2) is 56.1 Å². The smallest absolute Gasteiger partial charge is 0.223 e. The van der Waals surface area contributed by atoms with Gasteiger partial charge in [0.2, 0.25) is 5.91 Å². The van der Waals surface area contributed by atoms with Crippen molar-refractivity contribution in [2.24, 2.45) is 0 Å². The van der Waals surface area contributed by atoms with Crippen LogP contribution in [0.1, 0.15) is 18.4 Å². The third-order valence-electron chi connectivity index (χ3n) is 4.87. The molecule has 0 aliphatic carbocycles. The maximum atomic E-state index is 12.6. The first-order valence-electron chi connectivity index (χ1n) is 9.18. The lowest BCUT2D eigenvalue weighted by Gasteiger charge is -2.25. The second-order valence-corrected chi connectivity index (χ2v) is 8.87. The second kappa shape index (κ2) is 8.52. The molecule has 1 aromatic carbocycles. The van der Waals surface area contributed by atoms with E-state index in [9.17, 15) is 13.2 Å². The molecule has 2 heterocycles. The van der Waals surface area contributed by atoms with Gasteiger partial charge in [0.1, 0.15) is 0 Å². The average Bonchev–Trinajstić information content (AvgIpc) is 2.93. The van der Waals surface area contributed by atoms with Gasteiger partial charge in [0.25, 0.3) is 0 Å². The highest BCUT2D eigenvalue weighted by Crippen LogP contribution is 2.20. The highest BCUT2D eigenvalue weighted by atomic mass is 32.2. The quantitative estimate of drug-likeness (QED) is 0.787. The molecule has 27 heavy (non-hydrogen) atoms. The fourth-order valence-electron chi connectivity index (χ4n) is 3.35.